The SMILES string of the molecule is CCn1c(=O)n(CC)c2cc(NC(=O)c3cccc(I)c3)ccc21. The van der Waals surface area contributed by atoms with Gasteiger partial charge in [-0.05, 0) is 72.8 Å². The van der Waals surface area contributed by atoms with Gasteiger partial charge >= 0.3 is 5.69 Å². The van der Waals surface area contributed by atoms with Crippen LogP contribution in [0.5, 0.6) is 0 Å². The van der Waals surface area contributed by atoms with Crippen LogP contribution in [-0.4, -0.2) is 15.0 Å². The molecule has 0 unspecified atom stereocenters. The monoisotopic (exact) mass is 435 g/mol. The second-order valence-corrected chi connectivity index (χ2v) is 6.68. The van der Waals surface area contributed by atoms with Crippen molar-refractivity contribution < 1.29 is 4.79 Å². The Bertz CT molecular complexity index is 972. The average molecular weight is 435 g/mol. The summed E-state index contributed by atoms with van der Waals surface area (Å²) in [6.45, 7) is 5.11. The minimum absolute atomic E-state index is 0.0175. The zero-order chi connectivity index (χ0) is 17.3. The molecule has 0 aliphatic rings. The molecular weight excluding hydrogens is 417 g/mol. The molecule has 124 valence electrons. The van der Waals surface area contributed by atoms with Crippen molar-refractivity contribution in [1.29, 1.82) is 0 Å². The maximum Gasteiger partial charge on any atom is 0.329 e. The Balaban J connectivity index is 1.99. The fraction of sp³-hybridized carbons (Fsp3) is 0.222. The number of hydrogen-bond acceptors (Lipinski definition) is 2. The zero-order valence-electron chi connectivity index (χ0n) is 13.5. The predicted octanol–water partition coefficient (Wildman–Crippen LogP) is 3.70. The lowest BCUT2D eigenvalue weighted by atomic mass is 10.2. The maximum absolute atomic E-state index is 12.4. The van der Waals surface area contributed by atoms with Gasteiger partial charge in [-0.1, -0.05) is 6.07 Å². The van der Waals surface area contributed by atoms with Crippen LogP contribution in [0.15, 0.2) is 47.3 Å². The molecule has 24 heavy (non-hydrogen) atoms. The van der Waals surface area contributed by atoms with Gasteiger partial charge in [0.1, 0.15) is 0 Å². The minimum Gasteiger partial charge on any atom is -0.322 e. The summed E-state index contributed by atoms with van der Waals surface area (Å²) in [4.78, 5) is 24.8. The lowest BCUT2D eigenvalue weighted by Gasteiger charge is -2.07. The van der Waals surface area contributed by atoms with E-state index in [9.17, 15) is 9.59 Å². The highest BCUT2D eigenvalue weighted by Crippen LogP contribution is 2.20. The van der Waals surface area contributed by atoms with E-state index in [-0.39, 0.29) is 11.6 Å². The van der Waals surface area contributed by atoms with Gasteiger partial charge in [0, 0.05) is 27.9 Å². The lowest BCUT2D eigenvalue weighted by Crippen LogP contribution is -2.23. The van der Waals surface area contributed by atoms with Crippen molar-refractivity contribution in [1.82, 2.24) is 9.13 Å². The molecule has 6 heteroatoms. The first kappa shape index (κ1) is 16.8. The number of carbonyl (C=O) groups is 1. The van der Waals surface area contributed by atoms with E-state index in [0.717, 1.165) is 14.6 Å². The van der Waals surface area contributed by atoms with Gasteiger partial charge in [-0.2, -0.15) is 0 Å². The summed E-state index contributed by atoms with van der Waals surface area (Å²) < 4.78 is 4.47. The Kier molecular flexibility index (Phi) is 4.75. The second-order valence-electron chi connectivity index (χ2n) is 5.44. The van der Waals surface area contributed by atoms with Crippen LogP contribution < -0.4 is 11.0 Å². The molecule has 1 heterocycles. The first-order valence-electron chi connectivity index (χ1n) is 7.85. The predicted molar refractivity (Wildman–Crippen MR) is 105 cm³/mol. The van der Waals surface area contributed by atoms with E-state index in [1.54, 1.807) is 15.2 Å². The molecule has 0 saturated heterocycles. The smallest absolute Gasteiger partial charge is 0.322 e. The van der Waals surface area contributed by atoms with Gasteiger partial charge in [0.15, 0.2) is 0 Å². The first-order valence-corrected chi connectivity index (χ1v) is 8.93. The number of nitrogens with one attached hydrogen (secondary N) is 1. The Hall–Kier alpha value is -2.09. The van der Waals surface area contributed by atoms with Crippen molar-refractivity contribution in [3.63, 3.8) is 0 Å². The summed E-state index contributed by atoms with van der Waals surface area (Å²) in [5, 5.41) is 2.91. The second kappa shape index (κ2) is 6.80. The van der Waals surface area contributed by atoms with E-state index in [0.29, 0.717) is 24.3 Å². The topological polar surface area (TPSA) is 56.0 Å². The van der Waals surface area contributed by atoms with E-state index in [4.69, 9.17) is 0 Å². The highest BCUT2D eigenvalue weighted by atomic mass is 127. The summed E-state index contributed by atoms with van der Waals surface area (Å²) in [6, 6.07) is 13.0. The molecular formula is C18H18IN3O2. The molecule has 0 fully saturated rings. The summed E-state index contributed by atoms with van der Waals surface area (Å²) in [5.74, 6) is -0.159. The van der Waals surface area contributed by atoms with E-state index in [1.807, 2.05) is 50.2 Å². The Labute approximate surface area is 153 Å². The maximum atomic E-state index is 12.4. The van der Waals surface area contributed by atoms with Crippen LogP contribution in [0.4, 0.5) is 5.69 Å². The van der Waals surface area contributed by atoms with Crippen LogP contribution in [0.25, 0.3) is 11.0 Å². The normalized spacial score (nSPS) is 11.0. The third-order valence-corrected chi connectivity index (χ3v) is 4.67. The van der Waals surface area contributed by atoms with Crippen LogP contribution >= 0.6 is 22.6 Å². The van der Waals surface area contributed by atoms with E-state index in [2.05, 4.69) is 27.9 Å². The fourth-order valence-corrected chi connectivity index (χ4v) is 3.38. The number of carbonyl (C=O) groups excluding carboxylic acids is 1. The van der Waals surface area contributed by atoms with Crippen molar-refractivity contribution >= 4 is 45.2 Å². The van der Waals surface area contributed by atoms with Crippen LogP contribution in [0.3, 0.4) is 0 Å². The van der Waals surface area contributed by atoms with E-state index in [1.165, 1.54) is 0 Å². The highest BCUT2D eigenvalue weighted by molar-refractivity contribution is 14.1. The van der Waals surface area contributed by atoms with Crippen LogP contribution in [-0.2, 0) is 13.1 Å². The average Bonchev–Trinajstić information content (AvgIpc) is 2.84. The molecule has 2 aromatic carbocycles. The molecule has 0 saturated carbocycles. The van der Waals surface area contributed by atoms with Crippen LogP contribution in [0, 0.1) is 3.57 Å². The Morgan fingerprint density at radius 1 is 1.04 bits per heavy atom. The zero-order valence-corrected chi connectivity index (χ0v) is 15.7. The molecule has 5 nitrogen and oxygen atoms in total. The molecule has 0 atom stereocenters. The van der Waals surface area contributed by atoms with Gasteiger partial charge in [0.05, 0.1) is 11.0 Å². The summed E-state index contributed by atoms with van der Waals surface area (Å²) in [7, 11) is 0. The molecule has 0 aliphatic carbocycles. The molecule has 0 aliphatic heterocycles. The number of imidazole rings is 1. The van der Waals surface area contributed by atoms with Gasteiger partial charge < -0.3 is 5.32 Å². The summed E-state index contributed by atoms with van der Waals surface area (Å²) in [5.41, 5.74) is 3.00. The number of anilines is 1. The van der Waals surface area contributed by atoms with Crippen molar-refractivity contribution in [2.24, 2.45) is 0 Å². The van der Waals surface area contributed by atoms with E-state index < -0.39 is 0 Å². The molecule has 1 N–H and O–H groups in total. The number of halogens is 1. The van der Waals surface area contributed by atoms with E-state index >= 15 is 0 Å². The Morgan fingerprint density at radius 3 is 2.42 bits per heavy atom. The number of aromatic nitrogens is 2. The molecule has 3 rings (SSSR count). The number of benzene rings is 2. The number of fused-ring (bicyclic) bond motifs is 1. The van der Waals surface area contributed by atoms with Gasteiger partial charge in [-0.3, -0.25) is 13.9 Å². The van der Waals surface area contributed by atoms with Gasteiger partial charge in [0.25, 0.3) is 5.91 Å². The van der Waals surface area contributed by atoms with Crippen molar-refractivity contribution in [3.05, 3.63) is 62.1 Å². The number of amides is 1. The van der Waals surface area contributed by atoms with Crippen molar-refractivity contribution in [2.45, 2.75) is 26.9 Å². The number of hydrogen-bond donors (Lipinski definition) is 1. The summed E-state index contributed by atoms with van der Waals surface area (Å²) in [6.07, 6.45) is 0. The molecule has 1 aromatic heterocycles. The van der Waals surface area contributed by atoms with Crippen LogP contribution in [0.2, 0.25) is 0 Å². The molecule has 3 aromatic rings. The van der Waals surface area contributed by atoms with Gasteiger partial charge in [-0.25, -0.2) is 4.79 Å². The molecule has 0 bridgehead atoms. The largest absolute Gasteiger partial charge is 0.329 e. The third kappa shape index (κ3) is 2.98. The van der Waals surface area contributed by atoms with Gasteiger partial charge in [0.2, 0.25) is 0 Å². The van der Waals surface area contributed by atoms with Crippen molar-refractivity contribution in [3.8, 4) is 0 Å². The number of aryl methyl sites for hydroxylation is 2. The minimum atomic E-state index is -0.159. The van der Waals surface area contributed by atoms with Crippen LogP contribution in [0.1, 0.15) is 24.2 Å². The molecule has 1 amide bonds. The molecule has 0 radical (unpaired) electrons. The first-order chi connectivity index (χ1) is 11.5. The Morgan fingerprint density at radius 2 is 1.75 bits per heavy atom. The van der Waals surface area contributed by atoms with Crippen molar-refractivity contribution in [2.75, 3.05) is 5.32 Å². The molecule has 0 spiro atoms. The third-order valence-electron chi connectivity index (χ3n) is 4.00. The highest BCUT2D eigenvalue weighted by Gasteiger charge is 2.13. The fourth-order valence-electron chi connectivity index (χ4n) is 2.84. The number of nitrogens with zero attached hydrogens (tertiary/aromatic N) is 2. The standard InChI is InChI=1S/C18H18IN3O2/c1-3-21-15-9-8-14(11-16(15)22(4-2)18(21)24)20-17(23)12-6-5-7-13(19)10-12/h5-11H,3-4H2,1-2H3,(H,20,23). The quantitative estimate of drug-likeness (QED) is 0.636. The number of rotatable bonds is 4. The lowest BCUT2D eigenvalue weighted by molar-refractivity contribution is 0.102. The summed E-state index contributed by atoms with van der Waals surface area (Å²) >= 11 is 2.18. The van der Waals surface area contributed by atoms with Gasteiger partial charge in [-0.15, -0.1) is 0 Å².